The zero-order valence-electron chi connectivity index (χ0n) is 9.36. The Balaban J connectivity index is 2.43. The first-order valence-electron chi connectivity index (χ1n) is 5.21. The van der Waals surface area contributed by atoms with E-state index in [0.717, 1.165) is 19.3 Å². The van der Waals surface area contributed by atoms with E-state index in [9.17, 15) is 4.79 Å². The largest absolute Gasteiger partial charge is 0.477 e. The average molecular weight is 222 g/mol. The first kappa shape index (κ1) is 11.0. The van der Waals surface area contributed by atoms with Gasteiger partial charge in [0, 0.05) is 18.9 Å². The maximum absolute atomic E-state index is 11.0. The fraction of sp³-hybridized carbons (Fsp3) is 0.545. The minimum Gasteiger partial charge on any atom is -0.477 e. The normalized spacial score (nSPS) is 17.9. The van der Waals surface area contributed by atoms with Crippen LogP contribution >= 0.6 is 0 Å². The number of rotatable bonds is 3. The fourth-order valence-corrected chi connectivity index (χ4v) is 1.89. The molecule has 1 aliphatic rings. The summed E-state index contributed by atoms with van der Waals surface area (Å²) < 4.78 is 5.42. The van der Waals surface area contributed by atoms with Gasteiger partial charge in [-0.3, -0.25) is 0 Å². The van der Waals surface area contributed by atoms with Gasteiger partial charge in [0.2, 0.25) is 0 Å². The molecular formula is C11H14N2O3. The minimum absolute atomic E-state index is 0.0633. The monoisotopic (exact) mass is 222 g/mol. The van der Waals surface area contributed by atoms with Crippen molar-refractivity contribution in [2.24, 2.45) is 0 Å². The zero-order valence-corrected chi connectivity index (χ0v) is 9.36. The Morgan fingerprint density at radius 3 is 2.69 bits per heavy atom. The van der Waals surface area contributed by atoms with Crippen molar-refractivity contribution in [1.29, 1.82) is 0 Å². The lowest BCUT2D eigenvalue weighted by Gasteiger charge is -2.38. The topological polar surface area (TPSA) is 72.3 Å². The maximum Gasteiger partial charge on any atom is 0.354 e. The van der Waals surface area contributed by atoms with Crippen LogP contribution in [0.4, 0.5) is 0 Å². The van der Waals surface area contributed by atoms with Crippen molar-refractivity contribution in [3.05, 3.63) is 23.3 Å². The lowest BCUT2D eigenvalue weighted by atomic mass is 9.79. The van der Waals surface area contributed by atoms with Crippen LogP contribution < -0.4 is 0 Å². The number of hydrogen-bond acceptors (Lipinski definition) is 4. The summed E-state index contributed by atoms with van der Waals surface area (Å²) in [6.45, 7) is 1.69. The molecule has 1 aliphatic carbocycles. The molecule has 0 aliphatic heterocycles. The van der Waals surface area contributed by atoms with Gasteiger partial charge in [0.15, 0.2) is 11.5 Å². The van der Waals surface area contributed by atoms with E-state index < -0.39 is 11.6 Å². The van der Waals surface area contributed by atoms with E-state index in [1.165, 1.54) is 0 Å². The Bertz CT molecular complexity index is 422. The molecule has 1 aromatic rings. The molecule has 1 fully saturated rings. The van der Waals surface area contributed by atoms with Crippen molar-refractivity contribution < 1.29 is 14.6 Å². The lowest BCUT2D eigenvalue weighted by molar-refractivity contribution is -0.0847. The van der Waals surface area contributed by atoms with Crippen LogP contribution in [0, 0.1) is 6.92 Å². The molecule has 86 valence electrons. The summed E-state index contributed by atoms with van der Waals surface area (Å²) in [6.07, 6.45) is 4.32. The molecule has 0 radical (unpaired) electrons. The number of carboxylic acid groups (broad SMARTS) is 1. The summed E-state index contributed by atoms with van der Waals surface area (Å²) in [7, 11) is 1.61. The van der Waals surface area contributed by atoms with Gasteiger partial charge in [-0.25, -0.2) is 14.8 Å². The van der Waals surface area contributed by atoms with Crippen molar-refractivity contribution in [3.63, 3.8) is 0 Å². The minimum atomic E-state index is -1.02. The van der Waals surface area contributed by atoms with E-state index in [0.29, 0.717) is 11.4 Å². The number of ether oxygens (including phenoxy) is 1. The second kappa shape index (κ2) is 3.83. The van der Waals surface area contributed by atoms with Crippen LogP contribution in [-0.2, 0) is 10.3 Å². The number of carbonyl (C=O) groups is 1. The quantitative estimate of drug-likeness (QED) is 0.839. The zero-order chi connectivity index (χ0) is 11.8. The molecule has 2 rings (SSSR count). The number of aromatic carboxylic acids is 1. The lowest BCUT2D eigenvalue weighted by Crippen LogP contribution is -2.38. The summed E-state index contributed by atoms with van der Waals surface area (Å²) in [4.78, 5) is 19.3. The highest BCUT2D eigenvalue weighted by Crippen LogP contribution is 2.42. The van der Waals surface area contributed by atoms with E-state index in [1.54, 1.807) is 20.2 Å². The van der Waals surface area contributed by atoms with Crippen LogP contribution in [0.25, 0.3) is 0 Å². The van der Waals surface area contributed by atoms with Crippen LogP contribution in [-0.4, -0.2) is 28.2 Å². The van der Waals surface area contributed by atoms with Gasteiger partial charge in [-0.05, 0) is 26.2 Å². The number of aryl methyl sites for hydroxylation is 1. The molecule has 0 amide bonds. The molecule has 5 nitrogen and oxygen atoms in total. The van der Waals surface area contributed by atoms with Gasteiger partial charge in [0.1, 0.15) is 5.60 Å². The van der Waals surface area contributed by atoms with Crippen LogP contribution in [0.1, 0.15) is 41.1 Å². The first-order valence-corrected chi connectivity index (χ1v) is 5.21. The van der Waals surface area contributed by atoms with E-state index >= 15 is 0 Å². The van der Waals surface area contributed by atoms with Crippen LogP contribution in [0.15, 0.2) is 6.20 Å². The molecule has 0 aromatic carbocycles. The summed E-state index contributed by atoms with van der Waals surface area (Å²) in [5.74, 6) is -0.532. The van der Waals surface area contributed by atoms with Crippen LogP contribution in [0.3, 0.4) is 0 Å². The molecule has 1 heterocycles. The first-order chi connectivity index (χ1) is 7.59. The molecule has 0 saturated heterocycles. The fourth-order valence-electron chi connectivity index (χ4n) is 1.89. The van der Waals surface area contributed by atoms with Crippen molar-refractivity contribution in [3.8, 4) is 0 Å². The third kappa shape index (κ3) is 1.57. The highest BCUT2D eigenvalue weighted by Gasteiger charge is 2.42. The van der Waals surface area contributed by atoms with E-state index in [1.807, 2.05) is 0 Å². The Morgan fingerprint density at radius 1 is 1.56 bits per heavy atom. The van der Waals surface area contributed by atoms with E-state index in [-0.39, 0.29) is 5.69 Å². The van der Waals surface area contributed by atoms with Crippen molar-refractivity contribution in [1.82, 2.24) is 9.97 Å². The van der Waals surface area contributed by atoms with Crippen molar-refractivity contribution in [2.45, 2.75) is 31.8 Å². The standard InChI is InChI=1S/C11H14N2O3/c1-7-6-12-10(13-8(7)9(14)15)11(16-2)4-3-5-11/h6H,3-5H2,1-2H3,(H,14,15). The van der Waals surface area contributed by atoms with Gasteiger partial charge in [-0.1, -0.05) is 0 Å². The molecule has 0 bridgehead atoms. The van der Waals surface area contributed by atoms with Crippen molar-refractivity contribution >= 4 is 5.97 Å². The number of carboxylic acids is 1. The molecule has 0 spiro atoms. The number of methoxy groups -OCH3 is 1. The Morgan fingerprint density at radius 2 is 2.25 bits per heavy atom. The number of aromatic nitrogens is 2. The van der Waals surface area contributed by atoms with Crippen LogP contribution in [0.2, 0.25) is 0 Å². The van der Waals surface area contributed by atoms with Gasteiger partial charge in [-0.15, -0.1) is 0 Å². The van der Waals surface area contributed by atoms with Gasteiger partial charge in [0.25, 0.3) is 0 Å². The van der Waals surface area contributed by atoms with Gasteiger partial charge >= 0.3 is 5.97 Å². The molecule has 5 heteroatoms. The second-order valence-corrected chi connectivity index (χ2v) is 4.08. The summed E-state index contributed by atoms with van der Waals surface area (Å²) in [5.41, 5.74) is 0.174. The maximum atomic E-state index is 11.0. The van der Waals surface area contributed by atoms with E-state index in [4.69, 9.17) is 9.84 Å². The predicted octanol–water partition coefficient (Wildman–Crippen LogP) is 1.51. The van der Waals surface area contributed by atoms with Crippen molar-refractivity contribution in [2.75, 3.05) is 7.11 Å². The molecule has 1 saturated carbocycles. The highest BCUT2D eigenvalue weighted by molar-refractivity contribution is 5.86. The van der Waals surface area contributed by atoms with Crippen LogP contribution in [0.5, 0.6) is 0 Å². The molecule has 1 aromatic heterocycles. The Kier molecular flexibility index (Phi) is 2.63. The molecule has 1 N–H and O–H groups in total. The molecular weight excluding hydrogens is 208 g/mol. The average Bonchev–Trinajstić information content (AvgIpc) is 2.19. The Labute approximate surface area is 93.5 Å². The summed E-state index contributed by atoms with van der Waals surface area (Å²) in [6, 6.07) is 0. The smallest absolute Gasteiger partial charge is 0.354 e. The van der Waals surface area contributed by atoms with E-state index in [2.05, 4.69) is 9.97 Å². The third-order valence-electron chi connectivity index (χ3n) is 3.13. The van der Waals surface area contributed by atoms with Gasteiger partial charge < -0.3 is 9.84 Å². The van der Waals surface area contributed by atoms with Gasteiger partial charge in [0.05, 0.1) is 0 Å². The summed E-state index contributed by atoms with van der Waals surface area (Å²) >= 11 is 0. The third-order valence-corrected chi connectivity index (χ3v) is 3.13. The number of hydrogen-bond donors (Lipinski definition) is 1. The predicted molar refractivity (Wildman–Crippen MR) is 56.3 cm³/mol. The molecule has 0 atom stereocenters. The molecule has 16 heavy (non-hydrogen) atoms. The SMILES string of the molecule is COC1(c2ncc(C)c(C(=O)O)n2)CCC1. The summed E-state index contributed by atoms with van der Waals surface area (Å²) in [5, 5.41) is 8.99. The number of nitrogens with zero attached hydrogens (tertiary/aromatic N) is 2. The second-order valence-electron chi connectivity index (χ2n) is 4.08. The molecule has 0 unspecified atom stereocenters. The highest BCUT2D eigenvalue weighted by atomic mass is 16.5. The van der Waals surface area contributed by atoms with Gasteiger partial charge in [-0.2, -0.15) is 0 Å². The Hall–Kier alpha value is -1.49.